The largest absolute Gasteiger partial charge is 0.479 e. The maximum atomic E-state index is 5.98. The fraction of sp³-hybridized carbons (Fsp3) is 0.667. The topological polar surface area (TPSA) is 82.3 Å². The number of rotatable bonds is 5. The molecule has 18 heavy (non-hydrogen) atoms. The molecule has 0 aliphatic heterocycles. The maximum absolute atomic E-state index is 5.98. The minimum Gasteiger partial charge on any atom is -0.479 e. The van der Waals surface area contributed by atoms with E-state index in [0.29, 0.717) is 35.9 Å². The molecular weight excluding hydrogens is 232 g/mol. The monoisotopic (exact) mass is 252 g/mol. The van der Waals surface area contributed by atoms with Gasteiger partial charge >= 0.3 is 0 Å². The predicted molar refractivity (Wildman–Crippen MR) is 69.6 cm³/mol. The van der Waals surface area contributed by atoms with E-state index in [1.807, 2.05) is 0 Å². The normalized spacial score (nSPS) is 15.9. The molecule has 0 aromatic carbocycles. The lowest BCUT2D eigenvalue weighted by atomic mass is 10.2. The van der Waals surface area contributed by atoms with Gasteiger partial charge < -0.3 is 20.5 Å². The Labute approximate surface area is 107 Å². The van der Waals surface area contributed by atoms with Crippen LogP contribution in [0.2, 0.25) is 0 Å². The highest BCUT2D eigenvalue weighted by atomic mass is 16.5. The Balaban J connectivity index is 2.22. The van der Waals surface area contributed by atoms with Crippen LogP contribution in [0, 0.1) is 0 Å². The van der Waals surface area contributed by atoms with Crippen molar-refractivity contribution in [3.8, 4) is 5.88 Å². The Kier molecular flexibility index (Phi) is 4.19. The number of nitrogens with one attached hydrogen (secondary N) is 1. The zero-order valence-corrected chi connectivity index (χ0v) is 10.9. The van der Waals surface area contributed by atoms with E-state index in [9.17, 15) is 0 Å². The van der Waals surface area contributed by atoms with E-state index in [4.69, 9.17) is 15.2 Å². The highest BCUT2D eigenvalue weighted by Gasteiger charge is 2.19. The first-order chi connectivity index (χ1) is 8.74. The minimum absolute atomic E-state index is 0.343. The lowest BCUT2D eigenvalue weighted by Crippen LogP contribution is -2.18. The molecule has 0 saturated heterocycles. The molecule has 1 aliphatic rings. The molecule has 0 radical (unpaired) electrons. The van der Waals surface area contributed by atoms with E-state index in [1.165, 1.54) is 12.8 Å². The molecule has 1 aromatic heterocycles. The van der Waals surface area contributed by atoms with Crippen LogP contribution in [0.4, 0.5) is 11.5 Å². The quantitative estimate of drug-likeness (QED) is 0.827. The van der Waals surface area contributed by atoms with Gasteiger partial charge in [-0.3, -0.25) is 0 Å². The standard InChI is InChI=1S/C12H20N4O2/c1-17-7-9-15-11(10(13)12(16-9)18-2)14-8-5-3-4-6-8/h8H,3-7,13H2,1-2H3,(H,14,15,16). The number of aromatic nitrogens is 2. The molecule has 3 N–H and O–H groups in total. The zero-order valence-electron chi connectivity index (χ0n) is 10.9. The van der Waals surface area contributed by atoms with E-state index in [1.54, 1.807) is 14.2 Å². The van der Waals surface area contributed by atoms with Crippen molar-refractivity contribution in [2.24, 2.45) is 0 Å². The van der Waals surface area contributed by atoms with E-state index < -0.39 is 0 Å². The van der Waals surface area contributed by atoms with Crippen molar-refractivity contribution < 1.29 is 9.47 Å². The average molecular weight is 252 g/mol. The van der Waals surface area contributed by atoms with Crippen molar-refractivity contribution in [3.05, 3.63) is 5.82 Å². The van der Waals surface area contributed by atoms with Crippen molar-refractivity contribution in [1.29, 1.82) is 0 Å². The van der Waals surface area contributed by atoms with Crippen LogP contribution in [0.25, 0.3) is 0 Å². The van der Waals surface area contributed by atoms with Crippen LogP contribution in [-0.2, 0) is 11.3 Å². The number of ether oxygens (including phenoxy) is 2. The molecule has 1 saturated carbocycles. The summed E-state index contributed by atoms with van der Waals surface area (Å²) in [6.45, 7) is 0.343. The SMILES string of the molecule is COCc1nc(NC2CCCC2)c(N)c(OC)n1. The summed E-state index contributed by atoms with van der Waals surface area (Å²) >= 11 is 0. The first-order valence-electron chi connectivity index (χ1n) is 6.20. The second kappa shape index (κ2) is 5.86. The lowest BCUT2D eigenvalue weighted by Gasteiger charge is -2.16. The van der Waals surface area contributed by atoms with Gasteiger partial charge in [-0.25, -0.2) is 4.98 Å². The second-order valence-corrected chi connectivity index (χ2v) is 4.47. The first kappa shape index (κ1) is 12.9. The summed E-state index contributed by atoms with van der Waals surface area (Å²) in [6, 6.07) is 0.447. The van der Waals surface area contributed by atoms with Crippen molar-refractivity contribution in [3.63, 3.8) is 0 Å². The van der Waals surface area contributed by atoms with Gasteiger partial charge in [-0.05, 0) is 12.8 Å². The van der Waals surface area contributed by atoms with E-state index in [2.05, 4.69) is 15.3 Å². The molecule has 0 amide bonds. The molecule has 0 unspecified atom stereocenters. The Morgan fingerprint density at radius 2 is 2.00 bits per heavy atom. The van der Waals surface area contributed by atoms with Crippen molar-refractivity contribution >= 4 is 11.5 Å². The predicted octanol–water partition coefficient (Wildman–Crippen LogP) is 1.57. The van der Waals surface area contributed by atoms with Gasteiger partial charge in [-0.2, -0.15) is 4.98 Å². The molecule has 1 fully saturated rings. The Hall–Kier alpha value is -1.56. The van der Waals surface area contributed by atoms with Gasteiger partial charge in [0, 0.05) is 13.2 Å². The summed E-state index contributed by atoms with van der Waals surface area (Å²) in [4.78, 5) is 8.57. The number of hydrogen-bond acceptors (Lipinski definition) is 6. The Morgan fingerprint density at radius 1 is 1.28 bits per heavy atom. The van der Waals surface area contributed by atoms with Crippen molar-refractivity contribution in [1.82, 2.24) is 9.97 Å². The molecule has 1 aliphatic carbocycles. The van der Waals surface area contributed by atoms with E-state index in [-0.39, 0.29) is 0 Å². The van der Waals surface area contributed by atoms with Gasteiger partial charge in [-0.15, -0.1) is 0 Å². The van der Waals surface area contributed by atoms with Crippen LogP contribution in [0.1, 0.15) is 31.5 Å². The third-order valence-corrected chi connectivity index (χ3v) is 3.12. The number of nitrogen functional groups attached to an aromatic ring is 1. The number of nitrogens with two attached hydrogens (primary N) is 1. The van der Waals surface area contributed by atoms with Crippen LogP contribution in [0.15, 0.2) is 0 Å². The van der Waals surface area contributed by atoms with Crippen LogP contribution < -0.4 is 15.8 Å². The molecular formula is C12H20N4O2. The Bertz CT molecular complexity index is 405. The van der Waals surface area contributed by atoms with Crippen molar-refractivity contribution in [2.45, 2.75) is 38.3 Å². The molecule has 2 rings (SSSR count). The number of anilines is 2. The lowest BCUT2D eigenvalue weighted by molar-refractivity contribution is 0.177. The van der Waals surface area contributed by atoms with Gasteiger partial charge in [-0.1, -0.05) is 12.8 Å². The van der Waals surface area contributed by atoms with Gasteiger partial charge in [0.15, 0.2) is 11.6 Å². The smallest absolute Gasteiger partial charge is 0.242 e. The fourth-order valence-corrected chi connectivity index (χ4v) is 2.22. The molecule has 1 heterocycles. The Morgan fingerprint density at radius 3 is 2.61 bits per heavy atom. The zero-order chi connectivity index (χ0) is 13.0. The van der Waals surface area contributed by atoms with E-state index >= 15 is 0 Å². The molecule has 0 spiro atoms. The van der Waals surface area contributed by atoms with Crippen LogP contribution in [0.3, 0.4) is 0 Å². The van der Waals surface area contributed by atoms with Crippen LogP contribution in [-0.4, -0.2) is 30.2 Å². The van der Waals surface area contributed by atoms with Crippen LogP contribution >= 0.6 is 0 Å². The molecule has 100 valence electrons. The number of methoxy groups -OCH3 is 2. The highest BCUT2D eigenvalue weighted by molar-refractivity contribution is 5.67. The number of nitrogens with zero attached hydrogens (tertiary/aromatic N) is 2. The third kappa shape index (κ3) is 2.81. The van der Waals surface area contributed by atoms with Gasteiger partial charge in [0.1, 0.15) is 12.3 Å². The summed E-state index contributed by atoms with van der Waals surface area (Å²) in [7, 11) is 3.16. The summed E-state index contributed by atoms with van der Waals surface area (Å²) in [5.41, 5.74) is 6.45. The molecule has 6 heteroatoms. The van der Waals surface area contributed by atoms with Crippen molar-refractivity contribution in [2.75, 3.05) is 25.3 Å². The first-order valence-corrected chi connectivity index (χ1v) is 6.20. The van der Waals surface area contributed by atoms with Gasteiger partial charge in [0.05, 0.1) is 7.11 Å². The summed E-state index contributed by atoms with van der Waals surface area (Å²) in [5.74, 6) is 1.63. The summed E-state index contributed by atoms with van der Waals surface area (Å²) < 4.78 is 10.2. The third-order valence-electron chi connectivity index (χ3n) is 3.12. The van der Waals surface area contributed by atoms with Crippen LogP contribution in [0.5, 0.6) is 5.88 Å². The molecule has 0 bridgehead atoms. The summed E-state index contributed by atoms with van der Waals surface area (Å²) in [5, 5.41) is 3.37. The molecule has 1 aromatic rings. The van der Waals surface area contributed by atoms with Gasteiger partial charge in [0.2, 0.25) is 5.88 Å². The average Bonchev–Trinajstić information content (AvgIpc) is 2.86. The minimum atomic E-state index is 0.343. The second-order valence-electron chi connectivity index (χ2n) is 4.47. The fourth-order valence-electron chi connectivity index (χ4n) is 2.22. The molecule has 0 atom stereocenters. The number of hydrogen-bond donors (Lipinski definition) is 2. The highest BCUT2D eigenvalue weighted by Crippen LogP contribution is 2.29. The van der Waals surface area contributed by atoms with E-state index in [0.717, 1.165) is 12.8 Å². The van der Waals surface area contributed by atoms with Gasteiger partial charge in [0.25, 0.3) is 0 Å². The maximum Gasteiger partial charge on any atom is 0.242 e. The molecule has 6 nitrogen and oxygen atoms in total. The summed E-state index contributed by atoms with van der Waals surface area (Å²) in [6.07, 6.45) is 4.83.